The summed E-state index contributed by atoms with van der Waals surface area (Å²) < 4.78 is 27.1. The van der Waals surface area contributed by atoms with Crippen molar-refractivity contribution in [3.63, 3.8) is 0 Å². The van der Waals surface area contributed by atoms with Gasteiger partial charge in [0.2, 0.25) is 0 Å². The molecule has 0 aliphatic carbocycles. The van der Waals surface area contributed by atoms with Gasteiger partial charge in [0, 0.05) is 7.11 Å². The number of likely N-dealkylation sites (N-methyl/N-ethyl adjacent to an activating group) is 1. The number of hydrogen-bond donors (Lipinski definition) is 1. The van der Waals surface area contributed by atoms with Crippen molar-refractivity contribution in [2.45, 2.75) is 90.1 Å². The summed E-state index contributed by atoms with van der Waals surface area (Å²) in [4.78, 5) is 0. The highest BCUT2D eigenvalue weighted by Gasteiger charge is 2.23. The molecule has 0 radical (unpaired) electrons. The van der Waals surface area contributed by atoms with Gasteiger partial charge in [0.25, 0.3) is 0 Å². The van der Waals surface area contributed by atoms with Gasteiger partial charge in [-0.3, -0.25) is 0 Å². The van der Waals surface area contributed by atoms with E-state index in [-0.39, 0.29) is 11.9 Å². The zero-order valence-electron chi connectivity index (χ0n) is 18.0. The molecule has 0 aromatic carbocycles. The molecule has 0 fully saturated rings. The maximum absolute atomic E-state index is 11.5. The zero-order chi connectivity index (χ0) is 19.9. The number of ether oxygens (including phenoxy) is 1. The quantitative estimate of drug-likeness (QED) is 0.203. The fraction of sp³-hybridized carbons (Fsp3) is 0.952. The second kappa shape index (κ2) is 14.9. The molecule has 0 bridgehead atoms. The lowest BCUT2D eigenvalue weighted by atomic mass is 10.1. The number of nitrogens with zero attached hydrogens (tertiary/aromatic N) is 1. The van der Waals surface area contributed by atoms with Crippen molar-refractivity contribution in [2.75, 3.05) is 40.0 Å². The van der Waals surface area contributed by atoms with Gasteiger partial charge >= 0.3 is 0 Å². The third-order valence-corrected chi connectivity index (χ3v) is 5.99. The van der Waals surface area contributed by atoms with E-state index in [1.54, 1.807) is 7.11 Å². The largest absolute Gasteiger partial charge is 0.375 e. The molecule has 0 amide bonds. The highest BCUT2D eigenvalue weighted by molar-refractivity contribution is 7.95. The first-order valence-corrected chi connectivity index (χ1v) is 12.5. The average molecular weight is 393 g/mol. The van der Waals surface area contributed by atoms with Gasteiger partial charge in [-0.25, -0.2) is 4.21 Å². The van der Waals surface area contributed by atoms with Crippen LogP contribution >= 0.6 is 0 Å². The summed E-state index contributed by atoms with van der Waals surface area (Å²) in [5.41, 5.74) is 0. The lowest BCUT2D eigenvalue weighted by Gasteiger charge is -2.33. The van der Waals surface area contributed by atoms with Crippen molar-refractivity contribution in [3.8, 4) is 0 Å². The Kier molecular flexibility index (Phi) is 14.8. The Morgan fingerprint density at radius 1 is 0.923 bits per heavy atom. The molecule has 4 nitrogen and oxygen atoms in total. The molecular weight excluding hydrogens is 346 g/mol. The third kappa shape index (κ3) is 17.3. The number of methoxy groups -OCH3 is 1. The first-order valence-electron chi connectivity index (χ1n) is 10.6. The maximum atomic E-state index is 11.5. The fourth-order valence-electron chi connectivity index (χ4n) is 3.51. The predicted molar refractivity (Wildman–Crippen MR) is 116 cm³/mol. The summed E-state index contributed by atoms with van der Waals surface area (Å²) >= 11 is 0. The van der Waals surface area contributed by atoms with E-state index >= 15 is 0 Å². The molecule has 0 saturated carbocycles. The van der Waals surface area contributed by atoms with Gasteiger partial charge < -0.3 is 13.8 Å². The topological polar surface area (TPSA) is 46.5 Å². The number of hydrogen-bond acceptors (Lipinski definition) is 2. The molecule has 0 aliphatic rings. The molecule has 5 heteroatoms. The van der Waals surface area contributed by atoms with Gasteiger partial charge in [0.15, 0.2) is 0 Å². The Balaban J connectivity index is 3.66. The first kappa shape index (κ1) is 25.9. The Hall–Kier alpha value is -0.100. The minimum atomic E-state index is -2.99. The molecule has 0 saturated heterocycles. The van der Waals surface area contributed by atoms with Crippen LogP contribution in [0.25, 0.3) is 0 Å². The lowest BCUT2D eigenvalue weighted by Crippen LogP contribution is -2.48. The van der Waals surface area contributed by atoms with Crippen molar-refractivity contribution >= 4 is 15.7 Å². The van der Waals surface area contributed by atoms with Gasteiger partial charge in [0.1, 0.15) is 12.6 Å². The van der Waals surface area contributed by atoms with E-state index in [9.17, 15) is 8.76 Å². The Labute approximate surface area is 164 Å². The van der Waals surface area contributed by atoms with E-state index in [0.29, 0.717) is 0 Å². The van der Waals surface area contributed by atoms with Gasteiger partial charge in [-0.2, -0.15) is 0 Å². The SMILES string of the molecule is C=S(=O)(O)CC(C[N+](C)(C)CCCCCCCCCCCCCC)OC. The van der Waals surface area contributed by atoms with Crippen molar-refractivity contribution in [1.82, 2.24) is 0 Å². The lowest BCUT2D eigenvalue weighted by molar-refractivity contribution is -0.893. The molecule has 2 unspecified atom stereocenters. The predicted octanol–water partition coefficient (Wildman–Crippen LogP) is 4.97. The van der Waals surface area contributed by atoms with Crippen LogP contribution in [0.2, 0.25) is 0 Å². The monoisotopic (exact) mass is 392 g/mol. The molecule has 158 valence electrons. The highest BCUT2D eigenvalue weighted by Crippen LogP contribution is 2.13. The normalized spacial score (nSPS) is 15.7. The summed E-state index contributed by atoms with van der Waals surface area (Å²) in [5, 5.41) is 0. The zero-order valence-corrected chi connectivity index (χ0v) is 18.8. The smallest absolute Gasteiger partial charge is 0.119 e. The Morgan fingerprint density at radius 2 is 1.35 bits per heavy atom. The molecule has 0 aromatic heterocycles. The second-order valence-corrected chi connectivity index (χ2v) is 10.4. The first-order chi connectivity index (χ1) is 12.2. The standard InChI is InChI=1S/C21H45NO3S/c1-6-7-8-9-10-11-12-13-14-15-16-17-18-22(2,3)19-21(25-4)20-26(5,23)24/h21H,5-20H2,1-4H3/p+1. The van der Waals surface area contributed by atoms with Gasteiger partial charge in [-0.15, -0.1) is 0 Å². The van der Waals surface area contributed by atoms with Crippen LogP contribution < -0.4 is 0 Å². The highest BCUT2D eigenvalue weighted by atomic mass is 32.2. The van der Waals surface area contributed by atoms with Crippen molar-refractivity contribution < 1.29 is 18.0 Å². The average Bonchev–Trinajstić information content (AvgIpc) is 2.53. The van der Waals surface area contributed by atoms with Crippen molar-refractivity contribution in [1.29, 1.82) is 0 Å². The van der Waals surface area contributed by atoms with Crippen molar-refractivity contribution in [3.05, 3.63) is 0 Å². The van der Waals surface area contributed by atoms with Gasteiger partial charge in [-0.05, 0) is 18.7 Å². The maximum Gasteiger partial charge on any atom is 0.119 e. The second-order valence-electron chi connectivity index (χ2n) is 8.53. The number of unbranched alkanes of at least 4 members (excludes halogenated alkanes) is 11. The van der Waals surface area contributed by atoms with Crippen LogP contribution in [0.3, 0.4) is 0 Å². The van der Waals surface area contributed by atoms with E-state index in [0.717, 1.165) is 17.6 Å². The van der Waals surface area contributed by atoms with Crippen LogP contribution in [0.5, 0.6) is 0 Å². The molecule has 0 spiro atoms. The molecular formula is C21H46NO3S+. The molecule has 0 heterocycles. The van der Waals surface area contributed by atoms with E-state index < -0.39 is 9.80 Å². The summed E-state index contributed by atoms with van der Waals surface area (Å²) in [7, 11) is 2.97. The van der Waals surface area contributed by atoms with E-state index in [1.165, 1.54) is 77.0 Å². The molecule has 26 heavy (non-hydrogen) atoms. The van der Waals surface area contributed by atoms with Gasteiger partial charge in [0.05, 0.1) is 36.2 Å². The minimum Gasteiger partial charge on any atom is -0.375 e. The molecule has 0 aromatic rings. The van der Waals surface area contributed by atoms with Crippen LogP contribution in [0.1, 0.15) is 84.0 Å². The molecule has 0 aliphatic heterocycles. The van der Waals surface area contributed by atoms with Crippen LogP contribution in [0.4, 0.5) is 0 Å². The van der Waals surface area contributed by atoms with Gasteiger partial charge in [-0.1, -0.05) is 71.1 Å². The third-order valence-electron chi connectivity index (χ3n) is 5.09. The molecule has 1 N–H and O–H groups in total. The van der Waals surface area contributed by atoms with Crippen LogP contribution in [-0.4, -0.2) is 65.3 Å². The summed E-state index contributed by atoms with van der Waals surface area (Å²) in [6.07, 6.45) is 16.1. The van der Waals surface area contributed by atoms with E-state index in [2.05, 4.69) is 26.9 Å². The Morgan fingerprint density at radius 3 is 1.73 bits per heavy atom. The summed E-state index contributed by atoms with van der Waals surface area (Å²) in [6, 6.07) is 0. The molecule has 0 rings (SSSR count). The molecule has 2 atom stereocenters. The Bertz CT molecular complexity index is 421. The van der Waals surface area contributed by atoms with Crippen molar-refractivity contribution in [2.24, 2.45) is 0 Å². The fourth-order valence-corrected chi connectivity index (χ4v) is 4.33. The summed E-state index contributed by atoms with van der Waals surface area (Å²) in [6.45, 7) is 4.11. The number of rotatable bonds is 18. The van der Waals surface area contributed by atoms with Crippen LogP contribution in [-0.2, 0) is 14.5 Å². The summed E-state index contributed by atoms with van der Waals surface area (Å²) in [5.74, 6) is 3.43. The van der Waals surface area contributed by atoms with E-state index in [4.69, 9.17) is 4.74 Å². The number of quaternary nitrogens is 1. The minimum absolute atomic E-state index is 0.115. The van der Waals surface area contributed by atoms with Crippen LogP contribution in [0.15, 0.2) is 0 Å². The van der Waals surface area contributed by atoms with Crippen LogP contribution in [0, 0.1) is 0 Å². The van der Waals surface area contributed by atoms with E-state index in [1.807, 2.05) is 0 Å².